The highest BCUT2D eigenvalue weighted by Gasteiger charge is 2.04. The van der Waals surface area contributed by atoms with E-state index >= 15 is 0 Å². The van der Waals surface area contributed by atoms with Gasteiger partial charge in [-0.3, -0.25) is 13.9 Å². The fourth-order valence-corrected chi connectivity index (χ4v) is 0. The molecule has 0 aromatic rings. The van der Waals surface area contributed by atoms with E-state index in [4.69, 9.17) is 62.5 Å². The summed E-state index contributed by atoms with van der Waals surface area (Å²) in [4.78, 5) is 35.6. The van der Waals surface area contributed by atoms with Gasteiger partial charge in [-0.2, -0.15) is 8.42 Å². The van der Waals surface area contributed by atoms with Crippen molar-refractivity contribution in [1.82, 2.24) is 0 Å². The van der Waals surface area contributed by atoms with Crippen molar-refractivity contribution < 1.29 is 57.5 Å². The molecule has 16 heteroatoms. The highest BCUT2D eigenvalue weighted by atomic mass is 35.5. The maximum atomic E-state index is 9.10. The number of rotatable bonds is 0. The van der Waals surface area contributed by atoms with Gasteiger partial charge in [-0.1, -0.05) is 0 Å². The Bertz CT molecular complexity index is 361. The Hall–Kier alpha value is -2.23. The second kappa shape index (κ2) is 16.8. The van der Waals surface area contributed by atoms with Crippen molar-refractivity contribution >= 4 is 40.7 Å². The third-order valence-electron chi connectivity index (χ3n) is 0.183. The lowest BCUT2D eigenvalue weighted by Gasteiger charge is -1.72. The van der Waals surface area contributed by atoms with Gasteiger partial charge in [0.2, 0.25) is 0 Å². The zero-order valence-corrected chi connectivity index (χ0v) is 10.9. The normalized spacial score (nSPS) is 7.55. The monoisotopic (exact) mass is 347 g/mol. The van der Waals surface area contributed by atoms with Crippen molar-refractivity contribution in [3.63, 3.8) is 0 Å². The summed E-state index contributed by atoms with van der Waals surface area (Å²) in [6.45, 7) is 1.08. The zero-order valence-electron chi connectivity index (χ0n) is 9.30. The fourth-order valence-electron chi connectivity index (χ4n) is 0. The van der Waals surface area contributed by atoms with Crippen molar-refractivity contribution in [3.05, 3.63) is 10.1 Å². The Morgan fingerprint density at radius 3 is 1.05 bits per heavy atom. The standard InChI is InChI=1S/C2H2O4.C2H4O2.ClH.HNO3.H2O4S/c3-1(4)2(5)6;1-2(3)4;;2-1(3)4;1-5(2,3)4/h(H,3,4)(H,5,6);1H3,(H,3,4);1H;(H,2,3,4);(H2,1,2,3,4). The molecule has 0 aromatic carbocycles. The molecule has 14 nitrogen and oxygen atoms in total. The molecule has 6 N–H and O–H groups in total. The van der Waals surface area contributed by atoms with Gasteiger partial charge in [0, 0.05) is 6.92 Å². The van der Waals surface area contributed by atoms with Gasteiger partial charge in [0.15, 0.2) is 0 Å². The molecule has 0 aliphatic rings. The van der Waals surface area contributed by atoms with E-state index in [1.165, 1.54) is 0 Å². The van der Waals surface area contributed by atoms with Crippen LogP contribution < -0.4 is 0 Å². The number of hydrogen-bond donors (Lipinski definition) is 6. The van der Waals surface area contributed by atoms with Crippen molar-refractivity contribution in [2.24, 2.45) is 0 Å². The van der Waals surface area contributed by atoms with Gasteiger partial charge in [-0.15, -0.1) is 22.5 Å². The Balaban J connectivity index is -0.0000000499. The van der Waals surface area contributed by atoms with E-state index in [9.17, 15) is 0 Å². The molecule has 0 bridgehead atoms. The fraction of sp³-hybridized carbons (Fsp3) is 0.250. The smallest absolute Gasteiger partial charge is 0.414 e. The third-order valence-corrected chi connectivity index (χ3v) is 0.183. The van der Waals surface area contributed by atoms with Gasteiger partial charge in [-0.05, 0) is 0 Å². The molecule has 0 fully saturated rings. The Kier molecular flexibility index (Phi) is 25.7. The number of carboxylic acids is 3. The van der Waals surface area contributed by atoms with E-state index in [0.717, 1.165) is 6.92 Å². The van der Waals surface area contributed by atoms with Crippen LogP contribution in [-0.4, -0.2) is 61.0 Å². The summed E-state index contributed by atoms with van der Waals surface area (Å²) in [5, 5.41) is 35.8. The largest absolute Gasteiger partial charge is 0.481 e. The van der Waals surface area contributed by atoms with Crippen LogP contribution in [0.4, 0.5) is 0 Å². The molecule has 0 heterocycles. The molecule has 0 aromatic heterocycles. The topological polar surface area (TPSA) is 250 Å². The molecular weight excluding hydrogens is 338 g/mol. The number of halogens is 1. The Morgan fingerprint density at radius 2 is 1.05 bits per heavy atom. The minimum atomic E-state index is -4.67. The number of hydrogen-bond acceptors (Lipinski definition) is 7. The van der Waals surface area contributed by atoms with Gasteiger partial charge in [0.1, 0.15) is 0 Å². The van der Waals surface area contributed by atoms with E-state index in [1.807, 2.05) is 0 Å². The first-order chi connectivity index (χ1) is 8.11. The van der Waals surface area contributed by atoms with E-state index in [0.29, 0.717) is 0 Å². The summed E-state index contributed by atoms with van der Waals surface area (Å²) in [6.07, 6.45) is 0. The zero-order chi connectivity index (χ0) is 16.8. The number of carbonyl (C=O) groups is 3. The molecule has 0 aliphatic carbocycles. The molecule has 0 rings (SSSR count). The summed E-state index contributed by atoms with van der Waals surface area (Å²) in [5.41, 5.74) is 0. The minimum Gasteiger partial charge on any atom is -0.481 e. The molecule has 0 saturated carbocycles. The molecule has 0 spiro atoms. The summed E-state index contributed by atoms with van der Waals surface area (Å²) in [7, 11) is -4.67. The van der Waals surface area contributed by atoms with Gasteiger partial charge in [-0.25, -0.2) is 9.59 Å². The van der Waals surface area contributed by atoms with Crippen LogP contribution >= 0.6 is 12.4 Å². The molecule has 20 heavy (non-hydrogen) atoms. The second-order valence-electron chi connectivity index (χ2n) is 1.81. The lowest BCUT2D eigenvalue weighted by atomic mass is 10.7. The second-order valence-corrected chi connectivity index (χ2v) is 2.71. The van der Waals surface area contributed by atoms with Crippen LogP contribution in [0.15, 0.2) is 0 Å². The molecule has 122 valence electrons. The van der Waals surface area contributed by atoms with Crippen LogP contribution in [0.25, 0.3) is 0 Å². The van der Waals surface area contributed by atoms with Crippen LogP contribution in [-0.2, 0) is 24.8 Å². The number of aliphatic carboxylic acids is 3. The van der Waals surface area contributed by atoms with Crippen LogP contribution in [0.1, 0.15) is 6.92 Å². The lowest BCUT2D eigenvalue weighted by Crippen LogP contribution is -2.09. The Morgan fingerprint density at radius 1 is 1.00 bits per heavy atom. The van der Waals surface area contributed by atoms with Crippen LogP contribution in [0.2, 0.25) is 0 Å². The number of nitrogens with zero attached hydrogens (tertiary/aromatic N) is 1. The summed E-state index contributed by atoms with van der Waals surface area (Å²) in [5.74, 6) is -4.48. The minimum absolute atomic E-state index is 0. The first kappa shape index (κ1) is 30.6. The molecule has 0 unspecified atom stereocenters. The summed E-state index contributed by atoms with van der Waals surface area (Å²) < 4.78 is 31.6. The summed E-state index contributed by atoms with van der Waals surface area (Å²) >= 11 is 0. The van der Waals surface area contributed by atoms with Crippen molar-refractivity contribution in [2.75, 3.05) is 0 Å². The van der Waals surface area contributed by atoms with Crippen molar-refractivity contribution in [1.29, 1.82) is 0 Å². The molecule has 0 radical (unpaired) electrons. The van der Waals surface area contributed by atoms with E-state index in [2.05, 4.69) is 0 Å². The molecule has 0 aliphatic heterocycles. The number of carboxylic acid groups (broad SMARTS) is 3. The van der Waals surface area contributed by atoms with Gasteiger partial charge in [0.25, 0.3) is 11.1 Å². The quantitative estimate of drug-likeness (QED) is 0.129. The SMILES string of the molecule is CC(=O)O.Cl.O=C(O)C(=O)O.O=S(=O)(O)O.O=[N+]([O-])O. The van der Waals surface area contributed by atoms with E-state index in [1.54, 1.807) is 0 Å². The lowest BCUT2D eigenvalue weighted by molar-refractivity contribution is -0.742. The van der Waals surface area contributed by atoms with Gasteiger partial charge in [0.05, 0.1) is 0 Å². The van der Waals surface area contributed by atoms with E-state index in [-0.39, 0.29) is 12.4 Å². The van der Waals surface area contributed by atoms with Crippen LogP contribution in [0.3, 0.4) is 0 Å². The summed E-state index contributed by atoms with van der Waals surface area (Å²) in [6, 6.07) is 0. The average molecular weight is 348 g/mol. The van der Waals surface area contributed by atoms with Gasteiger partial charge < -0.3 is 20.5 Å². The first-order valence-electron chi connectivity index (χ1n) is 3.30. The molecule has 0 atom stereocenters. The maximum absolute atomic E-state index is 9.10. The average Bonchev–Trinajstić information content (AvgIpc) is 1.96. The maximum Gasteiger partial charge on any atom is 0.414 e. The van der Waals surface area contributed by atoms with E-state index < -0.39 is 33.4 Å². The van der Waals surface area contributed by atoms with Crippen LogP contribution in [0, 0.1) is 10.1 Å². The van der Waals surface area contributed by atoms with Gasteiger partial charge >= 0.3 is 22.3 Å². The predicted molar refractivity (Wildman–Crippen MR) is 58.8 cm³/mol. The first-order valence-corrected chi connectivity index (χ1v) is 4.69. The van der Waals surface area contributed by atoms with Crippen molar-refractivity contribution in [2.45, 2.75) is 6.92 Å². The highest BCUT2D eigenvalue weighted by Crippen LogP contribution is 1.59. The molecular formula is C4H10ClNO13S. The third kappa shape index (κ3) is 1100. The highest BCUT2D eigenvalue weighted by molar-refractivity contribution is 7.79. The molecule has 0 saturated heterocycles. The molecule has 0 amide bonds. The van der Waals surface area contributed by atoms with Crippen molar-refractivity contribution in [3.8, 4) is 0 Å². The Labute approximate surface area is 116 Å². The van der Waals surface area contributed by atoms with Crippen LogP contribution in [0.5, 0.6) is 0 Å². The predicted octanol–water partition coefficient (Wildman–Crippen LogP) is -1.33.